The summed E-state index contributed by atoms with van der Waals surface area (Å²) in [4.78, 5) is 24.7. The minimum atomic E-state index is -0.459. The minimum absolute atomic E-state index is 0.0549. The largest absolute Gasteiger partial charge is 0.496 e. The van der Waals surface area contributed by atoms with Gasteiger partial charge in [0.25, 0.3) is 5.91 Å². The Hall–Kier alpha value is -4.17. The molecule has 0 aliphatic heterocycles. The monoisotopic (exact) mass is 461 g/mol. The number of methoxy groups -OCH3 is 1. The van der Waals surface area contributed by atoms with Gasteiger partial charge < -0.3 is 9.47 Å². The van der Waals surface area contributed by atoms with Crippen molar-refractivity contribution in [2.45, 2.75) is 6.61 Å². The fraction of sp³-hybridized carbons (Fsp3) is 0.0800. The van der Waals surface area contributed by atoms with Gasteiger partial charge in [-0.25, -0.2) is 0 Å². The van der Waals surface area contributed by atoms with Gasteiger partial charge in [0, 0.05) is 11.6 Å². The van der Waals surface area contributed by atoms with Crippen LogP contribution in [0.2, 0.25) is 0 Å². The van der Waals surface area contributed by atoms with E-state index in [0.29, 0.717) is 23.7 Å². The Balaban J connectivity index is 1.51. The maximum absolute atomic E-state index is 12.6. The molecule has 0 aromatic heterocycles. The van der Waals surface area contributed by atoms with E-state index in [9.17, 15) is 9.59 Å². The molecular formula is C25H23N3O4S. The Kier molecular flexibility index (Phi) is 8.55. The SMILES string of the molecule is COc1ccccc1C=CC(=O)NC(=S)NNC(=O)c1ccccc1OCc1ccccc1. The van der Waals surface area contributed by atoms with Crippen LogP contribution in [-0.2, 0) is 11.4 Å². The zero-order chi connectivity index (χ0) is 23.5. The normalized spacial score (nSPS) is 10.3. The van der Waals surface area contributed by atoms with Gasteiger partial charge in [0.05, 0.1) is 12.7 Å². The van der Waals surface area contributed by atoms with Crippen LogP contribution in [0.4, 0.5) is 0 Å². The van der Waals surface area contributed by atoms with Gasteiger partial charge in [-0.15, -0.1) is 0 Å². The molecule has 0 fully saturated rings. The number of hydrazine groups is 1. The molecule has 0 spiro atoms. The predicted octanol–water partition coefficient (Wildman–Crippen LogP) is 3.62. The van der Waals surface area contributed by atoms with Crippen molar-refractivity contribution in [2.75, 3.05) is 7.11 Å². The Labute approximate surface area is 197 Å². The molecule has 33 heavy (non-hydrogen) atoms. The lowest BCUT2D eigenvalue weighted by Gasteiger charge is -2.13. The van der Waals surface area contributed by atoms with Crippen molar-refractivity contribution in [1.82, 2.24) is 16.2 Å². The van der Waals surface area contributed by atoms with Crippen LogP contribution in [-0.4, -0.2) is 24.0 Å². The van der Waals surface area contributed by atoms with Crippen LogP contribution in [0.3, 0.4) is 0 Å². The summed E-state index contributed by atoms with van der Waals surface area (Å²) >= 11 is 5.08. The molecule has 0 atom stereocenters. The number of hydrogen-bond donors (Lipinski definition) is 3. The highest BCUT2D eigenvalue weighted by Gasteiger charge is 2.13. The van der Waals surface area contributed by atoms with Gasteiger partial charge in [-0.05, 0) is 42.1 Å². The average molecular weight is 462 g/mol. The van der Waals surface area contributed by atoms with E-state index in [2.05, 4.69) is 16.2 Å². The van der Waals surface area contributed by atoms with Gasteiger partial charge in [-0.3, -0.25) is 25.8 Å². The molecule has 3 rings (SSSR count). The van der Waals surface area contributed by atoms with Crippen LogP contribution in [0, 0.1) is 0 Å². The maximum Gasteiger partial charge on any atom is 0.273 e. The number of hydrogen-bond acceptors (Lipinski definition) is 5. The summed E-state index contributed by atoms with van der Waals surface area (Å²) in [5.74, 6) is 0.150. The summed E-state index contributed by atoms with van der Waals surface area (Å²) in [5.41, 5.74) is 7.04. The van der Waals surface area contributed by atoms with Crippen molar-refractivity contribution in [3.63, 3.8) is 0 Å². The smallest absolute Gasteiger partial charge is 0.273 e. The highest BCUT2D eigenvalue weighted by atomic mass is 32.1. The van der Waals surface area contributed by atoms with Crippen LogP contribution in [0.1, 0.15) is 21.5 Å². The second-order valence-corrected chi connectivity index (χ2v) is 7.15. The summed E-state index contributed by atoms with van der Waals surface area (Å²) < 4.78 is 11.0. The van der Waals surface area contributed by atoms with Crippen LogP contribution in [0.25, 0.3) is 6.08 Å². The van der Waals surface area contributed by atoms with Gasteiger partial charge >= 0.3 is 0 Å². The maximum atomic E-state index is 12.6. The van der Waals surface area contributed by atoms with Crippen molar-refractivity contribution in [3.8, 4) is 11.5 Å². The molecule has 0 saturated heterocycles. The molecule has 0 aliphatic rings. The molecule has 3 N–H and O–H groups in total. The lowest BCUT2D eigenvalue weighted by Crippen LogP contribution is -2.48. The first-order chi connectivity index (χ1) is 16.1. The second-order valence-electron chi connectivity index (χ2n) is 6.74. The lowest BCUT2D eigenvalue weighted by atomic mass is 10.2. The number of carbonyl (C=O) groups is 2. The van der Waals surface area contributed by atoms with Crippen molar-refractivity contribution >= 4 is 35.2 Å². The first-order valence-corrected chi connectivity index (χ1v) is 10.5. The van der Waals surface area contributed by atoms with Crippen molar-refractivity contribution < 1.29 is 19.1 Å². The Bertz CT molecular complexity index is 1150. The molecule has 168 valence electrons. The van der Waals surface area contributed by atoms with Crippen molar-refractivity contribution in [2.24, 2.45) is 0 Å². The van der Waals surface area contributed by atoms with Crippen molar-refractivity contribution in [1.29, 1.82) is 0 Å². The number of nitrogens with one attached hydrogen (secondary N) is 3. The van der Waals surface area contributed by atoms with Crippen LogP contribution in [0.5, 0.6) is 11.5 Å². The van der Waals surface area contributed by atoms with Crippen LogP contribution < -0.4 is 25.6 Å². The third-order valence-corrected chi connectivity index (χ3v) is 4.65. The number of para-hydroxylation sites is 2. The van der Waals surface area contributed by atoms with E-state index in [4.69, 9.17) is 21.7 Å². The number of benzene rings is 3. The number of amides is 2. The van der Waals surface area contributed by atoms with E-state index in [-0.39, 0.29) is 5.11 Å². The number of carbonyl (C=O) groups excluding carboxylic acids is 2. The van der Waals surface area contributed by atoms with E-state index in [1.54, 1.807) is 43.5 Å². The van der Waals surface area contributed by atoms with Gasteiger partial charge in [-0.2, -0.15) is 0 Å². The number of ether oxygens (including phenoxy) is 2. The molecule has 0 bridgehead atoms. The van der Waals surface area contributed by atoms with E-state index in [1.807, 2.05) is 48.5 Å². The zero-order valence-electron chi connectivity index (χ0n) is 17.9. The Morgan fingerprint density at radius 1 is 0.879 bits per heavy atom. The standard InChI is InChI=1S/C25H23N3O4S/c1-31-21-13-7-5-11-19(21)15-16-23(29)26-25(33)28-27-24(30)20-12-6-8-14-22(20)32-17-18-9-3-2-4-10-18/h2-16H,17H2,1H3,(H,27,30)(H2,26,28,29,33). The minimum Gasteiger partial charge on any atom is -0.496 e. The van der Waals surface area contributed by atoms with Crippen LogP contribution in [0.15, 0.2) is 84.9 Å². The van der Waals surface area contributed by atoms with Gasteiger partial charge in [-0.1, -0.05) is 60.7 Å². The topological polar surface area (TPSA) is 88.7 Å². The van der Waals surface area contributed by atoms with E-state index in [1.165, 1.54) is 6.08 Å². The third kappa shape index (κ3) is 7.19. The summed E-state index contributed by atoms with van der Waals surface area (Å²) in [6.07, 6.45) is 2.93. The average Bonchev–Trinajstić information content (AvgIpc) is 2.85. The fourth-order valence-electron chi connectivity index (χ4n) is 2.85. The summed E-state index contributed by atoms with van der Waals surface area (Å²) in [6.45, 7) is 0.325. The Morgan fingerprint density at radius 2 is 1.55 bits per heavy atom. The van der Waals surface area contributed by atoms with Crippen LogP contribution >= 0.6 is 12.2 Å². The van der Waals surface area contributed by atoms with Crippen molar-refractivity contribution in [3.05, 3.63) is 102 Å². The van der Waals surface area contributed by atoms with E-state index < -0.39 is 11.8 Å². The Morgan fingerprint density at radius 3 is 2.30 bits per heavy atom. The summed E-state index contributed by atoms with van der Waals surface area (Å²) in [5, 5.41) is 2.41. The van der Waals surface area contributed by atoms with Gasteiger partial charge in [0.1, 0.15) is 18.1 Å². The third-order valence-electron chi connectivity index (χ3n) is 4.45. The number of rotatable bonds is 7. The van der Waals surface area contributed by atoms with E-state index >= 15 is 0 Å². The molecule has 0 aliphatic carbocycles. The molecule has 0 heterocycles. The van der Waals surface area contributed by atoms with Gasteiger partial charge in [0.2, 0.25) is 5.91 Å². The molecule has 3 aromatic carbocycles. The fourth-order valence-corrected chi connectivity index (χ4v) is 3.00. The first kappa shape index (κ1) is 23.5. The van der Waals surface area contributed by atoms with E-state index in [0.717, 1.165) is 11.1 Å². The number of thiocarbonyl (C=S) groups is 1. The molecule has 0 saturated carbocycles. The highest BCUT2D eigenvalue weighted by Crippen LogP contribution is 2.19. The molecule has 0 unspecified atom stereocenters. The molecular weight excluding hydrogens is 438 g/mol. The zero-order valence-corrected chi connectivity index (χ0v) is 18.7. The summed E-state index contributed by atoms with van der Waals surface area (Å²) in [6, 6.07) is 23.8. The molecule has 7 nitrogen and oxygen atoms in total. The highest BCUT2D eigenvalue weighted by molar-refractivity contribution is 7.80. The molecule has 8 heteroatoms. The summed E-state index contributed by atoms with van der Waals surface area (Å²) in [7, 11) is 1.55. The second kappa shape index (κ2) is 12.0. The molecule has 2 amide bonds. The predicted molar refractivity (Wildman–Crippen MR) is 131 cm³/mol. The molecule has 0 radical (unpaired) electrons. The lowest BCUT2D eigenvalue weighted by molar-refractivity contribution is -0.115. The quantitative estimate of drug-likeness (QED) is 0.283. The molecule has 3 aromatic rings. The first-order valence-electron chi connectivity index (χ1n) is 10.0. The van der Waals surface area contributed by atoms with Gasteiger partial charge in [0.15, 0.2) is 5.11 Å².